The molecule has 0 aliphatic rings. The van der Waals surface area contributed by atoms with Crippen LogP contribution in [0.3, 0.4) is 0 Å². The van der Waals surface area contributed by atoms with Crippen molar-refractivity contribution in [3.05, 3.63) is 35.4 Å². The van der Waals surface area contributed by atoms with E-state index in [1.165, 1.54) is 5.56 Å². The number of hydrogen-bond acceptors (Lipinski definition) is 3. The summed E-state index contributed by atoms with van der Waals surface area (Å²) >= 11 is 0. The maximum absolute atomic E-state index is 11.7. The Hall–Kier alpha value is -0.910. The zero-order valence-corrected chi connectivity index (χ0v) is 11.9. The minimum atomic E-state index is -3.19. The van der Waals surface area contributed by atoms with Gasteiger partial charge in [0.2, 0.25) is 10.0 Å². The van der Waals surface area contributed by atoms with E-state index in [2.05, 4.69) is 17.0 Å². The van der Waals surface area contributed by atoms with Gasteiger partial charge in [0.15, 0.2) is 0 Å². The van der Waals surface area contributed by atoms with Crippen molar-refractivity contribution in [1.82, 2.24) is 10.0 Å². The van der Waals surface area contributed by atoms with E-state index in [0.29, 0.717) is 13.1 Å². The molecule has 0 unspecified atom stereocenters. The van der Waals surface area contributed by atoms with E-state index >= 15 is 0 Å². The van der Waals surface area contributed by atoms with Crippen LogP contribution >= 0.6 is 0 Å². The van der Waals surface area contributed by atoms with Gasteiger partial charge < -0.3 is 5.32 Å². The van der Waals surface area contributed by atoms with Crippen molar-refractivity contribution in [2.75, 3.05) is 18.8 Å². The van der Waals surface area contributed by atoms with Crippen molar-refractivity contribution in [1.29, 1.82) is 0 Å². The molecular formula is C13H22N2O2S. The van der Waals surface area contributed by atoms with Crippen LogP contribution in [-0.2, 0) is 23.0 Å². The number of aryl methyl sites for hydroxylation is 1. The summed E-state index contributed by atoms with van der Waals surface area (Å²) in [4.78, 5) is 0. The van der Waals surface area contributed by atoms with Gasteiger partial charge in [-0.05, 0) is 24.1 Å². The average molecular weight is 270 g/mol. The van der Waals surface area contributed by atoms with Gasteiger partial charge in [-0.25, -0.2) is 13.1 Å². The van der Waals surface area contributed by atoms with Crippen LogP contribution in [0.5, 0.6) is 0 Å². The van der Waals surface area contributed by atoms with Gasteiger partial charge in [-0.1, -0.05) is 38.1 Å². The molecule has 2 N–H and O–H groups in total. The summed E-state index contributed by atoms with van der Waals surface area (Å²) in [7, 11) is -3.19. The molecule has 1 aromatic rings. The third-order valence-corrected chi connectivity index (χ3v) is 4.11. The molecule has 0 heterocycles. The van der Waals surface area contributed by atoms with Crippen molar-refractivity contribution in [2.24, 2.45) is 0 Å². The van der Waals surface area contributed by atoms with Gasteiger partial charge in [0.25, 0.3) is 0 Å². The van der Waals surface area contributed by atoms with Crippen LogP contribution in [0, 0.1) is 0 Å². The molecule has 1 aromatic carbocycles. The smallest absolute Gasteiger partial charge is 0.213 e. The lowest BCUT2D eigenvalue weighted by Gasteiger charge is -2.10. The molecule has 0 radical (unpaired) electrons. The van der Waals surface area contributed by atoms with Crippen LogP contribution in [0.2, 0.25) is 0 Å². The molecular weight excluding hydrogens is 248 g/mol. The summed E-state index contributed by atoms with van der Waals surface area (Å²) in [5, 5.41) is 3.01. The predicted molar refractivity (Wildman–Crippen MR) is 75.0 cm³/mol. The monoisotopic (exact) mass is 270 g/mol. The molecule has 4 nitrogen and oxygen atoms in total. The Kier molecular flexibility index (Phi) is 6.32. The first-order valence-electron chi connectivity index (χ1n) is 6.34. The third kappa shape index (κ3) is 5.16. The second-order valence-electron chi connectivity index (χ2n) is 4.12. The van der Waals surface area contributed by atoms with Gasteiger partial charge in [0.05, 0.1) is 5.75 Å². The van der Waals surface area contributed by atoms with Crippen LogP contribution < -0.4 is 10.0 Å². The van der Waals surface area contributed by atoms with Gasteiger partial charge in [0.1, 0.15) is 0 Å². The molecule has 0 saturated heterocycles. The highest BCUT2D eigenvalue weighted by molar-refractivity contribution is 7.89. The fraction of sp³-hybridized carbons (Fsp3) is 0.538. The summed E-state index contributed by atoms with van der Waals surface area (Å²) in [5.74, 6) is 0.120. The largest absolute Gasteiger partial charge is 0.316 e. The fourth-order valence-electron chi connectivity index (χ4n) is 1.72. The van der Waals surface area contributed by atoms with E-state index in [1.807, 2.05) is 31.2 Å². The van der Waals surface area contributed by atoms with Crippen molar-refractivity contribution < 1.29 is 8.42 Å². The van der Waals surface area contributed by atoms with E-state index < -0.39 is 10.0 Å². The van der Waals surface area contributed by atoms with Gasteiger partial charge in [-0.15, -0.1) is 0 Å². The number of hydrogen-bond donors (Lipinski definition) is 2. The number of rotatable bonds is 8. The van der Waals surface area contributed by atoms with E-state index in [-0.39, 0.29) is 5.75 Å². The van der Waals surface area contributed by atoms with Crippen molar-refractivity contribution in [3.8, 4) is 0 Å². The normalized spacial score (nSPS) is 11.7. The molecule has 0 saturated carbocycles. The van der Waals surface area contributed by atoms with Crippen molar-refractivity contribution in [3.63, 3.8) is 0 Å². The minimum Gasteiger partial charge on any atom is -0.316 e. The highest BCUT2D eigenvalue weighted by atomic mass is 32.2. The van der Waals surface area contributed by atoms with Crippen LogP contribution in [0.4, 0.5) is 0 Å². The van der Waals surface area contributed by atoms with Crippen LogP contribution in [0.25, 0.3) is 0 Å². The molecule has 0 aliphatic carbocycles. The molecule has 0 fully saturated rings. The highest BCUT2D eigenvalue weighted by Crippen LogP contribution is 2.09. The molecule has 0 aliphatic heterocycles. The lowest BCUT2D eigenvalue weighted by Crippen LogP contribution is -2.31. The lowest BCUT2D eigenvalue weighted by atomic mass is 10.1. The van der Waals surface area contributed by atoms with Crippen molar-refractivity contribution in [2.45, 2.75) is 26.8 Å². The maximum atomic E-state index is 11.7. The Labute approximate surface area is 110 Å². The Balaban J connectivity index is 2.53. The first-order chi connectivity index (χ1) is 8.59. The fourth-order valence-corrected chi connectivity index (χ4v) is 2.65. The minimum absolute atomic E-state index is 0.120. The van der Waals surface area contributed by atoms with E-state index in [1.54, 1.807) is 0 Å². The molecule has 5 heteroatoms. The average Bonchev–Trinajstić information content (AvgIpc) is 2.37. The first kappa shape index (κ1) is 15.1. The molecule has 1 rings (SSSR count). The Morgan fingerprint density at radius 1 is 1.11 bits per heavy atom. The standard InChI is InChI=1S/C13H22N2O2S/c1-3-12-7-5-6-8-13(12)11-15-18(16,17)10-9-14-4-2/h5-8,14-15H,3-4,9-11H2,1-2H3. The second kappa shape index (κ2) is 7.51. The summed E-state index contributed by atoms with van der Waals surface area (Å²) in [6.45, 7) is 5.67. The molecule has 102 valence electrons. The predicted octanol–water partition coefficient (Wildman–Crippen LogP) is 1.28. The van der Waals surface area contributed by atoms with E-state index in [4.69, 9.17) is 0 Å². The molecule has 0 bridgehead atoms. The van der Waals surface area contributed by atoms with Gasteiger partial charge in [0, 0.05) is 13.1 Å². The molecule has 0 atom stereocenters. The highest BCUT2D eigenvalue weighted by Gasteiger charge is 2.10. The third-order valence-electron chi connectivity index (χ3n) is 2.78. The summed E-state index contributed by atoms with van der Waals surface area (Å²) in [5.41, 5.74) is 2.24. The van der Waals surface area contributed by atoms with Crippen molar-refractivity contribution >= 4 is 10.0 Å². The lowest BCUT2D eigenvalue weighted by molar-refractivity contribution is 0.577. The summed E-state index contributed by atoms with van der Waals surface area (Å²) < 4.78 is 26.1. The van der Waals surface area contributed by atoms with Crippen LogP contribution in [-0.4, -0.2) is 27.3 Å². The maximum Gasteiger partial charge on any atom is 0.213 e. The zero-order valence-electron chi connectivity index (χ0n) is 11.1. The van der Waals surface area contributed by atoms with E-state index in [0.717, 1.165) is 18.5 Å². The molecule has 18 heavy (non-hydrogen) atoms. The van der Waals surface area contributed by atoms with Crippen LogP contribution in [0.15, 0.2) is 24.3 Å². The second-order valence-corrected chi connectivity index (χ2v) is 6.04. The van der Waals surface area contributed by atoms with E-state index in [9.17, 15) is 8.42 Å². The van der Waals surface area contributed by atoms with Gasteiger partial charge in [-0.2, -0.15) is 0 Å². The molecule has 0 aromatic heterocycles. The zero-order chi connectivity index (χ0) is 13.4. The quantitative estimate of drug-likeness (QED) is 0.700. The topological polar surface area (TPSA) is 58.2 Å². The molecule has 0 amide bonds. The summed E-state index contributed by atoms with van der Waals surface area (Å²) in [6.07, 6.45) is 0.912. The SMILES string of the molecule is CCNCCS(=O)(=O)NCc1ccccc1CC. The number of sulfonamides is 1. The Morgan fingerprint density at radius 3 is 2.39 bits per heavy atom. The number of nitrogens with one attached hydrogen (secondary N) is 2. The molecule has 0 spiro atoms. The van der Waals surface area contributed by atoms with Gasteiger partial charge in [-0.3, -0.25) is 0 Å². The Morgan fingerprint density at radius 2 is 1.78 bits per heavy atom. The summed E-state index contributed by atoms with van der Waals surface area (Å²) in [6, 6.07) is 7.90. The first-order valence-corrected chi connectivity index (χ1v) is 7.99. The van der Waals surface area contributed by atoms with Crippen LogP contribution in [0.1, 0.15) is 25.0 Å². The Bertz CT molecular complexity index is 458. The van der Waals surface area contributed by atoms with Gasteiger partial charge >= 0.3 is 0 Å². The number of benzene rings is 1.